The number of carbonyl (C=O) groups excluding carboxylic acids is 2. The van der Waals surface area contributed by atoms with E-state index in [9.17, 15) is 9.59 Å². The van der Waals surface area contributed by atoms with Crippen molar-refractivity contribution in [1.82, 2.24) is 15.8 Å². The maximum Gasteiger partial charge on any atom is 0.326 e. The van der Waals surface area contributed by atoms with Crippen LogP contribution < -0.4 is 10.6 Å². The normalized spacial score (nSPS) is 18.5. The van der Waals surface area contributed by atoms with Gasteiger partial charge in [-0.25, -0.2) is 4.79 Å². The largest absolute Gasteiger partial charge is 0.357 e. The summed E-state index contributed by atoms with van der Waals surface area (Å²) in [7, 11) is 0. The Kier molecular flexibility index (Phi) is 1.81. The van der Waals surface area contributed by atoms with Gasteiger partial charge in [0.2, 0.25) is 0 Å². The number of amides is 3. The van der Waals surface area contributed by atoms with E-state index in [4.69, 9.17) is 4.52 Å². The van der Waals surface area contributed by atoms with Crippen LogP contribution in [0.1, 0.15) is 11.5 Å². The highest BCUT2D eigenvalue weighted by molar-refractivity contribution is 6.13. The molecule has 1 saturated heterocycles. The molecule has 3 amide bonds. The Hall–Kier alpha value is -2.11. The number of imide groups is 1. The van der Waals surface area contributed by atoms with Crippen molar-refractivity contribution in [2.75, 3.05) is 0 Å². The van der Waals surface area contributed by atoms with Gasteiger partial charge in [-0.1, -0.05) is 5.16 Å². The molecule has 0 atom stereocenters. The summed E-state index contributed by atoms with van der Waals surface area (Å²) in [4.78, 5) is 21.8. The minimum atomic E-state index is -0.530. The van der Waals surface area contributed by atoms with E-state index in [1.54, 1.807) is 13.0 Å². The van der Waals surface area contributed by atoms with Crippen molar-refractivity contribution < 1.29 is 14.1 Å². The first-order valence-corrected chi connectivity index (χ1v) is 3.92. The second kappa shape index (κ2) is 2.99. The third-order valence-corrected chi connectivity index (χ3v) is 1.65. The molecule has 1 fully saturated rings. The van der Waals surface area contributed by atoms with Crippen molar-refractivity contribution >= 4 is 18.0 Å². The standard InChI is InChI=1S/C8H7N3O3/c1-4-2-5(14-11-4)3-6-7(12)10-8(13)9-6/h2-3H,1H3,(H2,9,10,12,13). The second-order valence-corrected chi connectivity index (χ2v) is 2.84. The summed E-state index contributed by atoms with van der Waals surface area (Å²) in [6.07, 6.45) is 1.42. The molecule has 72 valence electrons. The molecule has 1 aromatic heterocycles. The zero-order valence-corrected chi connectivity index (χ0v) is 7.33. The molecule has 1 aliphatic heterocycles. The van der Waals surface area contributed by atoms with Gasteiger partial charge in [0.05, 0.1) is 5.69 Å². The van der Waals surface area contributed by atoms with Gasteiger partial charge in [0, 0.05) is 12.1 Å². The molecule has 0 saturated carbocycles. The highest BCUT2D eigenvalue weighted by atomic mass is 16.5. The first-order chi connectivity index (χ1) is 6.65. The van der Waals surface area contributed by atoms with Gasteiger partial charge < -0.3 is 9.84 Å². The van der Waals surface area contributed by atoms with E-state index in [-0.39, 0.29) is 5.70 Å². The van der Waals surface area contributed by atoms with Crippen LogP contribution in [0, 0.1) is 6.92 Å². The lowest BCUT2D eigenvalue weighted by Gasteiger charge is -1.88. The van der Waals surface area contributed by atoms with Crippen molar-refractivity contribution in [2.45, 2.75) is 6.92 Å². The van der Waals surface area contributed by atoms with Crippen molar-refractivity contribution in [3.8, 4) is 0 Å². The van der Waals surface area contributed by atoms with Crippen LogP contribution in [0.4, 0.5) is 4.79 Å². The highest BCUT2D eigenvalue weighted by Crippen LogP contribution is 2.08. The van der Waals surface area contributed by atoms with Gasteiger partial charge >= 0.3 is 6.03 Å². The Bertz CT molecular complexity index is 433. The first-order valence-electron chi connectivity index (χ1n) is 3.92. The lowest BCUT2D eigenvalue weighted by molar-refractivity contribution is -0.115. The van der Waals surface area contributed by atoms with Gasteiger partial charge in [0.15, 0.2) is 5.76 Å². The lowest BCUT2D eigenvalue weighted by atomic mass is 10.3. The molecule has 0 spiro atoms. The fourth-order valence-corrected chi connectivity index (χ4v) is 1.08. The molecule has 6 heteroatoms. The Morgan fingerprint density at radius 2 is 2.21 bits per heavy atom. The van der Waals surface area contributed by atoms with Crippen LogP contribution in [-0.4, -0.2) is 17.1 Å². The first kappa shape index (κ1) is 8.49. The Balaban J connectivity index is 2.27. The van der Waals surface area contributed by atoms with Gasteiger partial charge in [-0.05, 0) is 6.92 Å². The fourth-order valence-electron chi connectivity index (χ4n) is 1.08. The summed E-state index contributed by atoms with van der Waals surface area (Å²) in [6, 6.07) is 1.13. The molecule has 1 aliphatic rings. The highest BCUT2D eigenvalue weighted by Gasteiger charge is 2.23. The summed E-state index contributed by atoms with van der Waals surface area (Å²) in [5.41, 5.74) is 0.868. The van der Waals surface area contributed by atoms with Crippen LogP contribution in [0.3, 0.4) is 0 Å². The number of aromatic nitrogens is 1. The van der Waals surface area contributed by atoms with E-state index in [0.29, 0.717) is 11.5 Å². The monoisotopic (exact) mass is 193 g/mol. The summed E-state index contributed by atoms with van der Waals surface area (Å²) in [5, 5.41) is 8.05. The van der Waals surface area contributed by atoms with E-state index >= 15 is 0 Å². The second-order valence-electron chi connectivity index (χ2n) is 2.84. The minimum absolute atomic E-state index is 0.158. The third kappa shape index (κ3) is 1.49. The van der Waals surface area contributed by atoms with Crippen molar-refractivity contribution in [3.63, 3.8) is 0 Å². The smallest absolute Gasteiger partial charge is 0.326 e. The molecule has 0 aromatic carbocycles. The van der Waals surface area contributed by atoms with Crippen LogP contribution in [0.25, 0.3) is 6.08 Å². The molecule has 2 heterocycles. The lowest BCUT2D eigenvalue weighted by Crippen LogP contribution is -2.22. The summed E-state index contributed by atoms with van der Waals surface area (Å²) >= 11 is 0. The molecular weight excluding hydrogens is 186 g/mol. The number of hydrogen-bond acceptors (Lipinski definition) is 4. The molecule has 0 aliphatic carbocycles. The molecule has 6 nitrogen and oxygen atoms in total. The summed E-state index contributed by atoms with van der Waals surface area (Å²) in [5.74, 6) is -0.0427. The van der Waals surface area contributed by atoms with E-state index in [0.717, 1.165) is 0 Å². The van der Waals surface area contributed by atoms with Gasteiger partial charge in [0.25, 0.3) is 5.91 Å². The van der Waals surface area contributed by atoms with Crippen molar-refractivity contribution in [1.29, 1.82) is 0 Å². The predicted octanol–water partition coefficient (Wildman–Crippen LogP) is 0.163. The van der Waals surface area contributed by atoms with Gasteiger partial charge in [0.1, 0.15) is 5.70 Å². The van der Waals surface area contributed by atoms with Crippen LogP contribution in [0.5, 0.6) is 0 Å². The average molecular weight is 193 g/mol. The van der Waals surface area contributed by atoms with E-state index in [2.05, 4.69) is 15.8 Å². The van der Waals surface area contributed by atoms with Crippen LogP contribution >= 0.6 is 0 Å². The van der Waals surface area contributed by atoms with Crippen LogP contribution in [0.2, 0.25) is 0 Å². The molecule has 1 aromatic rings. The summed E-state index contributed by atoms with van der Waals surface area (Å²) in [6.45, 7) is 1.76. The molecule has 14 heavy (non-hydrogen) atoms. The van der Waals surface area contributed by atoms with Gasteiger partial charge in [-0.2, -0.15) is 0 Å². The molecular formula is C8H7N3O3. The van der Waals surface area contributed by atoms with Crippen LogP contribution in [-0.2, 0) is 4.79 Å². The number of nitrogens with zero attached hydrogens (tertiary/aromatic N) is 1. The average Bonchev–Trinajstić information content (AvgIpc) is 2.61. The van der Waals surface area contributed by atoms with Crippen LogP contribution in [0.15, 0.2) is 16.3 Å². The topological polar surface area (TPSA) is 84.2 Å². The Labute approximate surface area is 78.9 Å². The van der Waals surface area contributed by atoms with Gasteiger partial charge in [-0.15, -0.1) is 0 Å². The van der Waals surface area contributed by atoms with E-state index in [1.165, 1.54) is 6.08 Å². The molecule has 0 radical (unpaired) electrons. The van der Waals surface area contributed by atoms with E-state index < -0.39 is 11.9 Å². The number of aryl methyl sites for hydroxylation is 1. The Morgan fingerprint density at radius 1 is 1.43 bits per heavy atom. The summed E-state index contributed by atoms with van der Waals surface area (Å²) < 4.78 is 4.85. The van der Waals surface area contributed by atoms with Gasteiger partial charge in [-0.3, -0.25) is 10.1 Å². The number of hydrogen-bond donors (Lipinski definition) is 2. The predicted molar refractivity (Wildman–Crippen MR) is 45.9 cm³/mol. The number of urea groups is 1. The SMILES string of the molecule is Cc1cc(C=C2NC(=O)NC2=O)on1. The van der Waals surface area contributed by atoms with Crippen molar-refractivity contribution in [3.05, 3.63) is 23.2 Å². The van der Waals surface area contributed by atoms with E-state index in [1.807, 2.05) is 0 Å². The molecule has 0 unspecified atom stereocenters. The fraction of sp³-hybridized carbons (Fsp3) is 0.125. The third-order valence-electron chi connectivity index (χ3n) is 1.65. The minimum Gasteiger partial charge on any atom is -0.357 e. The Morgan fingerprint density at radius 3 is 2.71 bits per heavy atom. The maximum absolute atomic E-state index is 11.1. The molecule has 2 rings (SSSR count). The number of nitrogens with one attached hydrogen (secondary N) is 2. The molecule has 0 bridgehead atoms. The number of rotatable bonds is 1. The maximum atomic E-state index is 11.1. The quantitative estimate of drug-likeness (QED) is 0.491. The zero-order chi connectivity index (χ0) is 10.1. The molecule has 2 N–H and O–H groups in total. The number of carbonyl (C=O) groups is 2. The van der Waals surface area contributed by atoms with Crippen molar-refractivity contribution in [2.24, 2.45) is 0 Å². The zero-order valence-electron chi connectivity index (χ0n) is 7.33.